The van der Waals surface area contributed by atoms with E-state index < -0.39 is 10.0 Å². The first-order chi connectivity index (χ1) is 14.2. The summed E-state index contributed by atoms with van der Waals surface area (Å²) < 4.78 is 27.5. The number of likely N-dealkylation sites (tertiary alicyclic amines) is 1. The van der Waals surface area contributed by atoms with Crippen LogP contribution >= 0.6 is 11.3 Å². The third-order valence-electron chi connectivity index (χ3n) is 5.34. The molecule has 7 nitrogen and oxygen atoms in total. The van der Waals surface area contributed by atoms with E-state index in [0.717, 1.165) is 36.8 Å². The zero-order valence-corrected chi connectivity index (χ0v) is 19.4. The molecule has 1 aromatic carbocycles. The number of amides is 1. The van der Waals surface area contributed by atoms with Crippen molar-refractivity contribution < 1.29 is 13.2 Å². The smallest absolute Gasteiger partial charge is 0.240 e. The van der Waals surface area contributed by atoms with Crippen LogP contribution in [0.15, 0.2) is 28.5 Å². The fourth-order valence-electron chi connectivity index (χ4n) is 3.44. The Bertz CT molecular complexity index is 980. The van der Waals surface area contributed by atoms with Gasteiger partial charge in [-0.1, -0.05) is 19.1 Å². The molecule has 0 unspecified atom stereocenters. The number of carbonyl (C=O) groups excluding carboxylic acids is 1. The van der Waals surface area contributed by atoms with Gasteiger partial charge in [0, 0.05) is 24.9 Å². The average molecular weight is 451 g/mol. The van der Waals surface area contributed by atoms with Gasteiger partial charge in [0.25, 0.3) is 0 Å². The number of sulfonamides is 1. The zero-order valence-electron chi connectivity index (χ0n) is 17.8. The highest BCUT2D eigenvalue weighted by Gasteiger charge is 2.18. The molecule has 1 amide bonds. The van der Waals surface area contributed by atoms with E-state index in [1.807, 2.05) is 18.4 Å². The van der Waals surface area contributed by atoms with Crippen molar-refractivity contribution in [3.8, 4) is 0 Å². The molecule has 0 aliphatic carbocycles. The van der Waals surface area contributed by atoms with Crippen LogP contribution in [0.5, 0.6) is 0 Å². The van der Waals surface area contributed by atoms with Gasteiger partial charge in [-0.2, -0.15) is 0 Å². The van der Waals surface area contributed by atoms with Gasteiger partial charge in [-0.25, -0.2) is 18.1 Å². The van der Waals surface area contributed by atoms with Crippen molar-refractivity contribution in [2.24, 2.45) is 5.92 Å². The fourth-order valence-corrected chi connectivity index (χ4v) is 5.52. The largest absolute Gasteiger partial charge is 0.302 e. The number of aryl methyl sites for hydroxylation is 2. The predicted octanol–water partition coefficient (Wildman–Crippen LogP) is 3.30. The number of thiazole rings is 1. The molecule has 0 saturated carbocycles. The van der Waals surface area contributed by atoms with E-state index in [2.05, 4.69) is 26.8 Å². The summed E-state index contributed by atoms with van der Waals surface area (Å²) >= 11 is 1.40. The molecule has 3 rings (SSSR count). The number of piperidine rings is 1. The first-order valence-corrected chi connectivity index (χ1v) is 12.6. The lowest BCUT2D eigenvalue weighted by Gasteiger charge is -2.29. The summed E-state index contributed by atoms with van der Waals surface area (Å²) in [5.41, 5.74) is 2.51. The number of benzene rings is 1. The van der Waals surface area contributed by atoms with Crippen LogP contribution in [-0.2, 0) is 21.4 Å². The van der Waals surface area contributed by atoms with E-state index in [1.165, 1.54) is 24.2 Å². The maximum Gasteiger partial charge on any atom is 0.240 e. The summed E-state index contributed by atoms with van der Waals surface area (Å²) in [5, 5.41) is 5.29. The molecular weight excluding hydrogens is 420 g/mol. The minimum atomic E-state index is -3.65. The summed E-state index contributed by atoms with van der Waals surface area (Å²) in [7, 11) is -3.65. The Morgan fingerprint density at radius 1 is 1.27 bits per heavy atom. The molecule has 0 atom stereocenters. The average Bonchev–Trinajstić information content (AvgIpc) is 3.12. The Kier molecular flexibility index (Phi) is 7.62. The van der Waals surface area contributed by atoms with Crippen molar-refractivity contribution in [2.45, 2.75) is 51.5 Å². The third kappa shape index (κ3) is 6.34. The Morgan fingerprint density at radius 3 is 2.73 bits per heavy atom. The lowest BCUT2D eigenvalue weighted by atomic mass is 9.99. The van der Waals surface area contributed by atoms with Gasteiger partial charge in [-0.3, -0.25) is 9.69 Å². The van der Waals surface area contributed by atoms with Gasteiger partial charge < -0.3 is 5.32 Å². The molecule has 0 radical (unpaired) electrons. The minimum absolute atomic E-state index is 0.0335. The van der Waals surface area contributed by atoms with Gasteiger partial charge >= 0.3 is 0 Å². The summed E-state index contributed by atoms with van der Waals surface area (Å²) in [5.74, 6) is 0.533. The zero-order chi connectivity index (χ0) is 21.7. The van der Waals surface area contributed by atoms with Crippen LogP contribution in [0.2, 0.25) is 0 Å². The quantitative estimate of drug-likeness (QED) is 0.644. The van der Waals surface area contributed by atoms with Crippen molar-refractivity contribution >= 4 is 32.4 Å². The molecule has 0 bridgehead atoms. The van der Waals surface area contributed by atoms with E-state index in [9.17, 15) is 13.2 Å². The molecular formula is C21H30N4O3S2. The second-order valence-electron chi connectivity index (χ2n) is 8.07. The van der Waals surface area contributed by atoms with E-state index >= 15 is 0 Å². The van der Waals surface area contributed by atoms with Gasteiger partial charge in [0.15, 0.2) is 5.13 Å². The number of carbonyl (C=O) groups is 1. The number of anilines is 1. The maximum atomic E-state index is 12.5. The first kappa shape index (κ1) is 22.9. The summed E-state index contributed by atoms with van der Waals surface area (Å²) in [6.45, 7) is 8.89. The van der Waals surface area contributed by atoms with Crippen LogP contribution in [0.1, 0.15) is 43.0 Å². The number of hydrogen-bond acceptors (Lipinski definition) is 6. The van der Waals surface area contributed by atoms with E-state index in [4.69, 9.17) is 0 Å². The molecule has 0 spiro atoms. The molecule has 2 heterocycles. The van der Waals surface area contributed by atoms with Crippen LogP contribution in [0, 0.1) is 19.8 Å². The lowest BCUT2D eigenvalue weighted by molar-refractivity contribution is -0.116. The number of hydrogen-bond donors (Lipinski definition) is 2. The van der Waals surface area contributed by atoms with Crippen molar-refractivity contribution in [1.82, 2.24) is 14.6 Å². The van der Waals surface area contributed by atoms with Crippen molar-refractivity contribution in [3.05, 3.63) is 40.4 Å². The van der Waals surface area contributed by atoms with Gasteiger partial charge in [-0.05, 0) is 62.9 Å². The normalized spacial score (nSPS) is 16.0. The molecule has 30 heavy (non-hydrogen) atoms. The Hall–Kier alpha value is -1.81. The topological polar surface area (TPSA) is 91.4 Å². The van der Waals surface area contributed by atoms with Crippen molar-refractivity contribution in [1.29, 1.82) is 0 Å². The highest BCUT2D eigenvalue weighted by molar-refractivity contribution is 7.89. The van der Waals surface area contributed by atoms with Crippen LogP contribution < -0.4 is 10.0 Å². The second kappa shape index (κ2) is 10.00. The van der Waals surface area contributed by atoms with Gasteiger partial charge in [0.2, 0.25) is 15.9 Å². The SMILES string of the molecule is Cc1ccc(C)c(S(=O)(=O)NCCC(=O)Nc2nc(CN3CCC(C)CC3)cs2)c1. The van der Waals surface area contributed by atoms with Crippen LogP contribution in [0.25, 0.3) is 0 Å². The summed E-state index contributed by atoms with van der Waals surface area (Å²) in [4.78, 5) is 19.3. The summed E-state index contributed by atoms with van der Waals surface area (Å²) in [6, 6.07) is 5.29. The number of rotatable bonds is 8. The van der Waals surface area contributed by atoms with Gasteiger partial charge in [-0.15, -0.1) is 11.3 Å². The molecule has 164 valence electrons. The number of nitrogens with zero attached hydrogens (tertiary/aromatic N) is 2. The molecule has 1 fully saturated rings. The number of aromatic nitrogens is 1. The number of nitrogens with one attached hydrogen (secondary N) is 2. The molecule has 2 aromatic rings. The highest BCUT2D eigenvalue weighted by atomic mass is 32.2. The monoisotopic (exact) mass is 450 g/mol. The Balaban J connectivity index is 1.46. The highest BCUT2D eigenvalue weighted by Crippen LogP contribution is 2.21. The molecule has 1 aliphatic rings. The van der Waals surface area contributed by atoms with E-state index in [0.29, 0.717) is 10.7 Å². The second-order valence-corrected chi connectivity index (χ2v) is 10.7. The third-order valence-corrected chi connectivity index (χ3v) is 7.75. The first-order valence-electron chi connectivity index (χ1n) is 10.3. The Labute approximate surface area is 183 Å². The standard InChI is InChI=1S/C21H30N4O3S2/c1-15-7-10-25(11-8-15)13-18-14-29-21(23-18)24-20(26)6-9-22-30(27,28)19-12-16(2)4-5-17(19)3/h4-5,12,14-15,22H,6-11,13H2,1-3H3,(H,23,24,26). The van der Waals surface area contributed by atoms with Crippen molar-refractivity contribution in [3.63, 3.8) is 0 Å². The Morgan fingerprint density at radius 2 is 2.00 bits per heavy atom. The fraction of sp³-hybridized carbons (Fsp3) is 0.524. The van der Waals surface area contributed by atoms with E-state index in [-0.39, 0.29) is 23.8 Å². The lowest BCUT2D eigenvalue weighted by Crippen LogP contribution is -2.32. The maximum absolute atomic E-state index is 12.5. The van der Waals surface area contributed by atoms with Gasteiger partial charge in [0.1, 0.15) is 0 Å². The summed E-state index contributed by atoms with van der Waals surface area (Å²) in [6.07, 6.45) is 2.47. The van der Waals surface area contributed by atoms with Gasteiger partial charge in [0.05, 0.1) is 10.6 Å². The predicted molar refractivity (Wildman–Crippen MR) is 120 cm³/mol. The van der Waals surface area contributed by atoms with Crippen LogP contribution in [-0.4, -0.2) is 43.8 Å². The van der Waals surface area contributed by atoms with Crippen LogP contribution in [0.3, 0.4) is 0 Å². The van der Waals surface area contributed by atoms with E-state index in [1.54, 1.807) is 19.1 Å². The minimum Gasteiger partial charge on any atom is -0.302 e. The molecule has 1 saturated heterocycles. The molecule has 9 heteroatoms. The van der Waals surface area contributed by atoms with Crippen molar-refractivity contribution in [2.75, 3.05) is 25.0 Å². The molecule has 1 aliphatic heterocycles. The van der Waals surface area contributed by atoms with Crippen LogP contribution in [0.4, 0.5) is 5.13 Å². The molecule has 1 aromatic heterocycles. The molecule has 2 N–H and O–H groups in total.